The maximum atomic E-state index is 12.4. The highest BCUT2D eigenvalue weighted by molar-refractivity contribution is 6.04. The van der Waals surface area contributed by atoms with Gasteiger partial charge in [0.25, 0.3) is 5.91 Å². The molecule has 0 bridgehead atoms. The third kappa shape index (κ3) is 3.24. The van der Waals surface area contributed by atoms with Crippen LogP contribution in [0.4, 0.5) is 11.4 Å². The number of nitrogens with one attached hydrogen (secondary N) is 1. The lowest BCUT2D eigenvalue weighted by Gasteiger charge is -2.16. The van der Waals surface area contributed by atoms with Crippen LogP contribution in [0.3, 0.4) is 0 Å². The van der Waals surface area contributed by atoms with Crippen molar-refractivity contribution >= 4 is 23.2 Å². The molecule has 0 spiro atoms. The average Bonchev–Trinajstić information content (AvgIpc) is 3.34. The first-order valence-electron chi connectivity index (χ1n) is 8.66. The molecule has 26 heavy (non-hydrogen) atoms. The quantitative estimate of drug-likeness (QED) is 0.781. The van der Waals surface area contributed by atoms with Gasteiger partial charge in [-0.05, 0) is 67.1 Å². The van der Waals surface area contributed by atoms with E-state index in [0.29, 0.717) is 17.7 Å². The number of amides is 2. The van der Waals surface area contributed by atoms with Crippen molar-refractivity contribution in [3.8, 4) is 5.69 Å². The van der Waals surface area contributed by atoms with Crippen molar-refractivity contribution in [2.75, 3.05) is 16.8 Å². The molecule has 5 heteroatoms. The fourth-order valence-corrected chi connectivity index (χ4v) is 3.14. The Morgan fingerprint density at radius 1 is 0.885 bits per heavy atom. The van der Waals surface area contributed by atoms with Crippen molar-refractivity contribution in [1.29, 1.82) is 0 Å². The second kappa shape index (κ2) is 6.88. The van der Waals surface area contributed by atoms with Gasteiger partial charge in [0.15, 0.2) is 0 Å². The molecule has 1 aromatic heterocycles. The minimum atomic E-state index is -0.158. The largest absolute Gasteiger partial charge is 0.324 e. The van der Waals surface area contributed by atoms with Crippen molar-refractivity contribution in [3.63, 3.8) is 0 Å². The Morgan fingerprint density at radius 3 is 2.15 bits per heavy atom. The van der Waals surface area contributed by atoms with Crippen LogP contribution in [0.25, 0.3) is 5.69 Å². The van der Waals surface area contributed by atoms with Crippen molar-refractivity contribution in [1.82, 2.24) is 4.57 Å². The third-order valence-electron chi connectivity index (χ3n) is 4.54. The predicted molar refractivity (Wildman–Crippen MR) is 102 cm³/mol. The molecule has 1 aliphatic heterocycles. The Labute approximate surface area is 151 Å². The van der Waals surface area contributed by atoms with E-state index in [1.807, 2.05) is 77.6 Å². The van der Waals surface area contributed by atoms with Gasteiger partial charge in [-0.3, -0.25) is 9.59 Å². The lowest BCUT2D eigenvalue weighted by molar-refractivity contribution is -0.117. The van der Waals surface area contributed by atoms with E-state index in [1.54, 1.807) is 4.90 Å². The van der Waals surface area contributed by atoms with Crippen molar-refractivity contribution in [2.45, 2.75) is 12.8 Å². The van der Waals surface area contributed by atoms with E-state index in [-0.39, 0.29) is 11.8 Å². The van der Waals surface area contributed by atoms with Gasteiger partial charge in [0, 0.05) is 48.0 Å². The summed E-state index contributed by atoms with van der Waals surface area (Å²) in [6.07, 6.45) is 5.43. The molecule has 1 saturated heterocycles. The zero-order valence-corrected chi connectivity index (χ0v) is 14.3. The smallest absolute Gasteiger partial charge is 0.255 e. The molecule has 2 amide bonds. The molecule has 2 heterocycles. The van der Waals surface area contributed by atoms with E-state index < -0.39 is 0 Å². The molecule has 0 unspecified atom stereocenters. The molecule has 3 aromatic rings. The summed E-state index contributed by atoms with van der Waals surface area (Å²) in [4.78, 5) is 26.0. The number of nitrogens with zero attached hydrogens (tertiary/aromatic N) is 2. The minimum Gasteiger partial charge on any atom is -0.324 e. The number of rotatable bonds is 4. The molecule has 4 rings (SSSR count). The SMILES string of the molecule is O=C(Nc1ccc(N2CCCC2=O)cc1)c1ccc(-n2cccc2)cc1. The molecule has 0 aliphatic carbocycles. The number of benzene rings is 2. The van der Waals surface area contributed by atoms with Gasteiger partial charge in [-0.15, -0.1) is 0 Å². The summed E-state index contributed by atoms with van der Waals surface area (Å²) in [5, 5.41) is 2.89. The van der Waals surface area contributed by atoms with Crippen LogP contribution in [0.15, 0.2) is 73.1 Å². The molecule has 5 nitrogen and oxygen atoms in total. The van der Waals surface area contributed by atoms with Gasteiger partial charge in [0.1, 0.15) is 0 Å². The summed E-state index contributed by atoms with van der Waals surface area (Å²) >= 11 is 0. The van der Waals surface area contributed by atoms with E-state index in [4.69, 9.17) is 0 Å². The lowest BCUT2D eigenvalue weighted by atomic mass is 10.2. The fraction of sp³-hybridized carbons (Fsp3) is 0.143. The number of hydrogen-bond donors (Lipinski definition) is 1. The molecule has 2 aromatic carbocycles. The number of aromatic nitrogens is 1. The van der Waals surface area contributed by atoms with E-state index >= 15 is 0 Å². The fourth-order valence-electron chi connectivity index (χ4n) is 3.14. The van der Waals surface area contributed by atoms with Gasteiger partial charge < -0.3 is 14.8 Å². The predicted octanol–water partition coefficient (Wildman–Crippen LogP) is 3.86. The highest BCUT2D eigenvalue weighted by Gasteiger charge is 2.21. The summed E-state index contributed by atoms with van der Waals surface area (Å²) in [5.41, 5.74) is 3.19. The van der Waals surface area contributed by atoms with Gasteiger partial charge in [0.05, 0.1) is 0 Å². The van der Waals surface area contributed by atoms with Crippen LogP contribution in [0.2, 0.25) is 0 Å². The van der Waals surface area contributed by atoms with Crippen LogP contribution in [0.5, 0.6) is 0 Å². The number of anilines is 2. The molecular weight excluding hydrogens is 326 g/mol. The van der Waals surface area contributed by atoms with Crippen LogP contribution >= 0.6 is 0 Å². The van der Waals surface area contributed by atoms with Gasteiger partial charge in [-0.2, -0.15) is 0 Å². The second-order valence-corrected chi connectivity index (χ2v) is 6.29. The Balaban J connectivity index is 1.43. The first-order valence-corrected chi connectivity index (χ1v) is 8.66. The topological polar surface area (TPSA) is 54.3 Å². The van der Waals surface area contributed by atoms with Gasteiger partial charge >= 0.3 is 0 Å². The Kier molecular flexibility index (Phi) is 4.27. The number of hydrogen-bond acceptors (Lipinski definition) is 2. The molecule has 1 N–H and O–H groups in total. The maximum absolute atomic E-state index is 12.4. The Bertz CT molecular complexity index is 913. The first-order chi connectivity index (χ1) is 12.7. The summed E-state index contributed by atoms with van der Waals surface area (Å²) in [6.45, 7) is 0.762. The van der Waals surface area contributed by atoms with Gasteiger partial charge in [-0.25, -0.2) is 0 Å². The van der Waals surface area contributed by atoms with E-state index in [9.17, 15) is 9.59 Å². The van der Waals surface area contributed by atoms with Gasteiger partial charge in [-0.1, -0.05) is 0 Å². The average molecular weight is 345 g/mol. The molecular formula is C21H19N3O2. The van der Waals surface area contributed by atoms with E-state index in [0.717, 1.165) is 24.3 Å². The summed E-state index contributed by atoms with van der Waals surface area (Å²) in [7, 11) is 0. The highest BCUT2D eigenvalue weighted by Crippen LogP contribution is 2.23. The summed E-state index contributed by atoms with van der Waals surface area (Å²) in [5.74, 6) is -0.00128. The maximum Gasteiger partial charge on any atom is 0.255 e. The van der Waals surface area contributed by atoms with Crippen LogP contribution in [0.1, 0.15) is 23.2 Å². The van der Waals surface area contributed by atoms with Crippen molar-refractivity contribution in [2.24, 2.45) is 0 Å². The Hall–Kier alpha value is -3.34. The first kappa shape index (κ1) is 16.1. The minimum absolute atomic E-state index is 0.157. The monoisotopic (exact) mass is 345 g/mol. The summed E-state index contributed by atoms with van der Waals surface area (Å²) in [6, 6.07) is 18.7. The highest BCUT2D eigenvalue weighted by atomic mass is 16.2. The molecule has 0 atom stereocenters. The van der Waals surface area contributed by atoms with E-state index in [2.05, 4.69) is 5.32 Å². The van der Waals surface area contributed by atoms with Gasteiger partial charge in [0.2, 0.25) is 5.91 Å². The van der Waals surface area contributed by atoms with Crippen LogP contribution in [0, 0.1) is 0 Å². The molecule has 1 aliphatic rings. The molecule has 1 fully saturated rings. The molecule has 0 saturated carbocycles. The van der Waals surface area contributed by atoms with Crippen molar-refractivity contribution in [3.05, 3.63) is 78.6 Å². The third-order valence-corrected chi connectivity index (χ3v) is 4.54. The Morgan fingerprint density at radius 2 is 1.54 bits per heavy atom. The van der Waals surface area contributed by atoms with Crippen molar-refractivity contribution < 1.29 is 9.59 Å². The number of carbonyl (C=O) groups is 2. The lowest BCUT2D eigenvalue weighted by Crippen LogP contribution is -2.23. The summed E-state index contributed by atoms with van der Waals surface area (Å²) < 4.78 is 1.99. The zero-order chi connectivity index (χ0) is 17.9. The number of carbonyl (C=O) groups excluding carboxylic acids is 2. The van der Waals surface area contributed by atoms with Crippen LogP contribution < -0.4 is 10.2 Å². The van der Waals surface area contributed by atoms with E-state index in [1.165, 1.54) is 0 Å². The normalized spacial score (nSPS) is 13.8. The molecule has 130 valence electrons. The zero-order valence-electron chi connectivity index (χ0n) is 14.3. The molecule has 0 radical (unpaired) electrons. The van der Waals surface area contributed by atoms with Crippen LogP contribution in [-0.2, 0) is 4.79 Å². The second-order valence-electron chi connectivity index (χ2n) is 6.29. The van der Waals surface area contributed by atoms with Crippen LogP contribution in [-0.4, -0.2) is 22.9 Å². The standard InChI is InChI=1S/C21H19N3O2/c25-20-4-3-15-24(20)19-11-7-17(8-12-19)22-21(26)16-5-9-18(10-6-16)23-13-1-2-14-23/h1-2,5-14H,3-4,15H2,(H,22,26).